The lowest BCUT2D eigenvalue weighted by molar-refractivity contribution is -0.00261. The van der Waals surface area contributed by atoms with Gasteiger partial charge in [0.05, 0.1) is 6.54 Å². The summed E-state index contributed by atoms with van der Waals surface area (Å²) in [4.78, 5) is 11.4. The molecular formula is C19H31FIN5O. The Hall–Kier alpha value is -1.13. The number of nitrogens with two attached hydrogens (primary N) is 1. The largest absolute Gasteiger partial charge is 0.381 e. The SMILES string of the molecule is CN(C)C1(CN=C(N)N2CCN(c3ccc(F)cc3)CC2)CCOCC1.I. The third-order valence-electron chi connectivity index (χ3n) is 5.70. The second-order valence-corrected chi connectivity index (χ2v) is 7.36. The minimum atomic E-state index is -0.202. The van der Waals surface area contributed by atoms with Gasteiger partial charge in [0.15, 0.2) is 5.96 Å². The molecule has 0 saturated carbocycles. The Labute approximate surface area is 178 Å². The molecule has 27 heavy (non-hydrogen) atoms. The van der Waals surface area contributed by atoms with Crippen molar-refractivity contribution >= 4 is 35.6 Å². The Morgan fingerprint density at radius 2 is 1.74 bits per heavy atom. The summed E-state index contributed by atoms with van der Waals surface area (Å²) in [7, 11) is 4.22. The lowest BCUT2D eigenvalue weighted by Gasteiger charge is -2.42. The molecule has 2 heterocycles. The molecule has 0 aliphatic carbocycles. The van der Waals surface area contributed by atoms with Crippen molar-refractivity contribution in [3.05, 3.63) is 30.1 Å². The van der Waals surface area contributed by atoms with Crippen molar-refractivity contribution in [2.45, 2.75) is 18.4 Å². The molecule has 1 aromatic rings. The third kappa shape index (κ3) is 5.45. The van der Waals surface area contributed by atoms with Crippen LogP contribution in [-0.2, 0) is 4.74 Å². The molecule has 8 heteroatoms. The maximum absolute atomic E-state index is 13.1. The zero-order valence-corrected chi connectivity index (χ0v) is 18.6. The molecule has 0 amide bonds. The van der Waals surface area contributed by atoms with Gasteiger partial charge in [-0.1, -0.05) is 0 Å². The highest BCUT2D eigenvalue weighted by molar-refractivity contribution is 14.0. The fourth-order valence-corrected chi connectivity index (χ4v) is 3.67. The van der Waals surface area contributed by atoms with Crippen molar-refractivity contribution in [3.63, 3.8) is 0 Å². The van der Waals surface area contributed by atoms with E-state index >= 15 is 0 Å². The normalized spacial score (nSPS) is 20.5. The smallest absolute Gasteiger partial charge is 0.191 e. The Morgan fingerprint density at radius 1 is 1.15 bits per heavy atom. The summed E-state index contributed by atoms with van der Waals surface area (Å²) in [6.45, 7) is 5.62. The minimum Gasteiger partial charge on any atom is -0.381 e. The molecule has 0 radical (unpaired) electrons. The van der Waals surface area contributed by atoms with Crippen LogP contribution >= 0.6 is 24.0 Å². The van der Waals surface area contributed by atoms with E-state index in [-0.39, 0.29) is 35.3 Å². The Bertz CT molecular complexity index is 611. The molecule has 152 valence electrons. The molecule has 0 bridgehead atoms. The van der Waals surface area contributed by atoms with Crippen LogP contribution in [0.25, 0.3) is 0 Å². The van der Waals surface area contributed by atoms with Gasteiger partial charge in [0.2, 0.25) is 0 Å². The molecule has 3 rings (SSSR count). The maximum Gasteiger partial charge on any atom is 0.191 e. The second kappa shape index (κ2) is 9.88. The van der Waals surface area contributed by atoms with E-state index in [4.69, 9.17) is 15.5 Å². The number of rotatable bonds is 4. The van der Waals surface area contributed by atoms with Crippen molar-refractivity contribution in [3.8, 4) is 0 Å². The molecular weight excluding hydrogens is 460 g/mol. The second-order valence-electron chi connectivity index (χ2n) is 7.36. The number of hydrogen-bond donors (Lipinski definition) is 1. The molecule has 1 aromatic carbocycles. The number of halogens is 2. The fraction of sp³-hybridized carbons (Fsp3) is 0.632. The van der Waals surface area contributed by atoms with Crippen molar-refractivity contribution in [1.29, 1.82) is 0 Å². The highest BCUT2D eigenvalue weighted by Gasteiger charge is 2.34. The summed E-state index contributed by atoms with van der Waals surface area (Å²) >= 11 is 0. The van der Waals surface area contributed by atoms with E-state index in [0.717, 1.165) is 57.9 Å². The van der Waals surface area contributed by atoms with Gasteiger partial charge in [0, 0.05) is 50.6 Å². The van der Waals surface area contributed by atoms with Crippen LogP contribution in [0.3, 0.4) is 0 Å². The van der Waals surface area contributed by atoms with Gasteiger partial charge in [0.25, 0.3) is 0 Å². The summed E-state index contributed by atoms with van der Waals surface area (Å²) in [6.07, 6.45) is 1.96. The quantitative estimate of drug-likeness (QED) is 0.397. The summed E-state index contributed by atoms with van der Waals surface area (Å²) in [5, 5.41) is 0. The number of likely N-dealkylation sites (N-methyl/N-ethyl adjacent to an activating group) is 1. The van der Waals surface area contributed by atoms with Crippen molar-refractivity contribution in [1.82, 2.24) is 9.80 Å². The predicted octanol–water partition coefficient (Wildman–Crippen LogP) is 1.99. The Balaban J connectivity index is 0.00000261. The lowest BCUT2D eigenvalue weighted by Crippen LogP contribution is -2.53. The summed E-state index contributed by atoms with van der Waals surface area (Å²) < 4.78 is 18.6. The van der Waals surface area contributed by atoms with Gasteiger partial charge >= 0.3 is 0 Å². The number of benzene rings is 1. The van der Waals surface area contributed by atoms with Crippen LogP contribution < -0.4 is 10.6 Å². The van der Waals surface area contributed by atoms with Gasteiger partial charge in [-0.3, -0.25) is 4.99 Å². The van der Waals surface area contributed by atoms with Crippen LogP contribution in [0.15, 0.2) is 29.3 Å². The monoisotopic (exact) mass is 491 g/mol. The zero-order chi connectivity index (χ0) is 18.6. The van der Waals surface area contributed by atoms with Gasteiger partial charge in [-0.05, 0) is 51.2 Å². The number of ether oxygens (including phenoxy) is 1. The molecule has 0 unspecified atom stereocenters. The highest BCUT2D eigenvalue weighted by Crippen LogP contribution is 2.26. The first-order valence-electron chi connectivity index (χ1n) is 9.31. The number of anilines is 1. The number of hydrogen-bond acceptors (Lipinski definition) is 4. The van der Waals surface area contributed by atoms with Gasteiger partial charge in [0.1, 0.15) is 5.82 Å². The molecule has 2 N–H and O–H groups in total. The first-order valence-corrected chi connectivity index (χ1v) is 9.31. The average Bonchev–Trinajstić information content (AvgIpc) is 2.67. The van der Waals surface area contributed by atoms with E-state index in [0.29, 0.717) is 12.5 Å². The molecule has 2 fully saturated rings. The number of nitrogens with zero attached hydrogens (tertiary/aromatic N) is 4. The predicted molar refractivity (Wildman–Crippen MR) is 119 cm³/mol. The van der Waals surface area contributed by atoms with Crippen LogP contribution in [0.2, 0.25) is 0 Å². The van der Waals surface area contributed by atoms with E-state index in [1.807, 2.05) is 12.1 Å². The maximum atomic E-state index is 13.1. The van der Waals surface area contributed by atoms with Crippen molar-refractivity contribution < 1.29 is 9.13 Å². The summed E-state index contributed by atoms with van der Waals surface area (Å²) in [6, 6.07) is 6.67. The zero-order valence-electron chi connectivity index (χ0n) is 16.2. The van der Waals surface area contributed by atoms with Gasteiger partial charge in [-0.2, -0.15) is 0 Å². The fourth-order valence-electron chi connectivity index (χ4n) is 3.67. The standard InChI is InChI=1S/C19H30FN5O.HI/c1-23(2)19(7-13-26-14-8-19)15-22-18(21)25-11-9-24(10-12-25)17-5-3-16(20)4-6-17;/h3-6H,7-15H2,1-2H3,(H2,21,22);1H. The number of guanidine groups is 1. The van der Waals surface area contributed by atoms with Crippen LogP contribution in [0.1, 0.15) is 12.8 Å². The topological polar surface area (TPSA) is 57.3 Å². The van der Waals surface area contributed by atoms with E-state index in [2.05, 4.69) is 28.8 Å². The molecule has 6 nitrogen and oxygen atoms in total. The van der Waals surface area contributed by atoms with Crippen LogP contribution in [-0.4, -0.2) is 81.3 Å². The summed E-state index contributed by atoms with van der Waals surface area (Å²) in [5.41, 5.74) is 7.38. The van der Waals surface area contributed by atoms with E-state index in [1.54, 1.807) is 0 Å². The Kier molecular flexibility index (Phi) is 8.11. The molecule has 0 atom stereocenters. The lowest BCUT2D eigenvalue weighted by atomic mass is 9.89. The minimum absolute atomic E-state index is 0. The molecule has 2 aliphatic rings. The molecule has 2 saturated heterocycles. The number of aliphatic imine (C=N–C) groups is 1. The highest BCUT2D eigenvalue weighted by atomic mass is 127. The van der Waals surface area contributed by atoms with Crippen molar-refractivity contribution in [2.24, 2.45) is 10.7 Å². The van der Waals surface area contributed by atoms with Gasteiger partial charge < -0.3 is 25.2 Å². The Morgan fingerprint density at radius 3 is 2.30 bits per heavy atom. The molecule has 2 aliphatic heterocycles. The van der Waals surface area contributed by atoms with Crippen LogP contribution in [0.5, 0.6) is 0 Å². The molecule has 0 aromatic heterocycles. The molecule has 0 spiro atoms. The van der Waals surface area contributed by atoms with E-state index in [1.165, 1.54) is 12.1 Å². The summed E-state index contributed by atoms with van der Waals surface area (Å²) in [5.74, 6) is 0.420. The van der Waals surface area contributed by atoms with Gasteiger partial charge in [-0.15, -0.1) is 24.0 Å². The van der Waals surface area contributed by atoms with Crippen LogP contribution in [0, 0.1) is 5.82 Å². The van der Waals surface area contributed by atoms with Gasteiger partial charge in [-0.25, -0.2) is 4.39 Å². The van der Waals surface area contributed by atoms with Crippen LogP contribution in [0.4, 0.5) is 10.1 Å². The van der Waals surface area contributed by atoms with Crippen molar-refractivity contribution in [2.75, 3.05) is 64.9 Å². The first-order chi connectivity index (χ1) is 12.5. The first kappa shape index (κ1) is 22.2. The third-order valence-corrected chi connectivity index (χ3v) is 5.70. The van der Waals surface area contributed by atoms with E-state index < -0.39 is 0 Å². The van der Waals surface area contributed by atoms with E-state index in [9.17, 15) is 4.39 Å². The number of piperazine rings is 1. The average molecular weight is 491 g/mol.